The lowest BCUT2D eigenvalue weighted by atomic mass is 10.1. The van der Waals surface area contributed by atoms with Gasteiger partial charge in [-0.1, -0.05) is 30.0 Å². The molecule has 0 bridgehead atoms. The molecule has 1 aliphatic rings. The molecule has 2 heterocycles. The number of nitrogen functional groups attached to an aromatic ring is 1. The van der Waals surface area contributed by atoms with E-state index in [-0.39, 0.29) is 35.2 Å². The van der Waals surface area contributed by atoms with Crippen molar-refractivity contribution in [3.63, 3.8) is 0 Å². The molecular weight excluding hydrogens is 344 g/mol. The molecule has 2 rings (SSSR count). The van der Waals surface area contributed by atoms with Gasteiger partial charge in [-0.05, 0) is 19.8 Å². The van der Waals surface area contributed by atoms with E-state index in [0.29, 0.717) is 15.9 Å². The Balaban J connectivity index is 2.03. The summed E-state index contributed by atoms with van der Waals surface area (Å²) in [6.07, 6.45) is 1.31. The molecule has 22 heavy (non-hydrogen) atoms. The van der Waals surface area contributed by atoms with Crippen LogP contribution in [0.5, 0.6) is 0 Å². The maximum atomic E-state index is 12.6. The van der Waals surface area contributed by atoms with Crippen LogP contribution in [0, 0.1) is 0 Å². The van der Waals surface area contributed by atoms with Crippen molar-refractivity contribution >= 4 is 44.0 Å². The third kappa shape index (κ3) is 4.32. The van der Waals surface area contributed by atoms with Gasteiger partial charge in [0.15, 0.2) is 14.2 Å². The van der Waals surface area contributed by atoms with Gasteiger partial charge in [0.05, 0.1) is 17.3 Å². The Morgan fingerprint density at radius 1 is 1.55 bits per heavy atom. The maximum absolute atomic E-state index is 12.6. The van der Waals surface area contributed by atoms with Gasteiger partial charge in [0.2, 0.25) is 11.0 Å². The quantitative estimate of drug-likeness (QED) is 0.751. The number of hydrogen-bond donors (Lipinski definition) is 1. The van der Waals surface area contributed by atoms with Gasteiger partial charge < -0.3 is 10.6 Å². The average Bonchev–Trinajstić information content (AvgIpc) is 3.02. The first kappa shape index (κ1) is 17.5. The Morgan fingerprint density at radius 2 is 2.27 bits per heavy atom. The second-order valence-electron chi connectivity index (χ2n) is 5.31. The summed E-state index contributed by atoms with van der Waals surface area (Å²) in [6.45, 7) is 3.95. The third-order valence-electron chi connectivity index (χ3n) is 3.70. The van der Waals surface area contributed by atoms with Crippen molar-refractivity contribution in [2.24, 2.45) is 0 Å². The summed E-state index contributed by atoms with van der Waals surface area (Å²) in [6, 6.07) is -0.196. The van der Waals surface area contributed by atoms with Gasteiger partial charge in [0.25, 0.3) is 0 Å². The zero-order valence-corrected chi connectivity index (χ0v) is 15.0. The SMILES string of the molecule is CC[C@@H](C)N(C(=O)CSc1nnc(N)s1)[C@@H]1CCS(=O)(=O)C1. The Hall–Kier alpha value is -0.870. The Bertz CT molecular complexity index is 631. The first-order chi connectivity index (χ1) is 10.3. The minimum Gasteiger partial charge on any atom is -0.374 e. The normalized spacial score (nSPS) is 21.6. The molecule has 1 saturated heterocycles. The van der Waals surface area contributed by atoms with Gasteiger partial charge in [-0.2, -0.15) is 0 Å². The fraction of sp³-hybridized carbons (Fsp3) is 0.750. The summed E-state index contributed by atoms with van der Waals surface area (Å²) in [4.78, 5) is 14.3. The first-order valence-electron chi connectivity index (χ1n) is 7.05. The van der Waals surface area contributed by atoms with E-state index < -0.39 is 9.84 Å². The molecule has 124 valence electrons. The van der Waals surface area contributed by atoms with E-state index in [2.05, 4.69) is 10.2 Å². The second-order valence-corrected chi connectivity index (χ2v) is 9.77. The molecule has 0 aromatic carbocycles. The number of anilines is 1. The fourth-order valence-corrected chi connectivity index (χ4v) is 5.69. The lowest BCUT2D eigenvalue weighted by Gasteiger charge is -2.33. The number of nitrogens with zero attached hydrogens (tertiary/aromatic N) is 3. The summed E-state index contributed by atoms with van der Waals surface area (Å²) in [5.74, 6) is 0.391. The summed E-state index contributed by atoms with van der Waals surface area (Å²) >= 11 is 2.53. The van der Waals surface area contributed by atoms with E-state index in [9.17, 15) is 13.2 Å². The van der Waals surface area contributed by atoms with Crippen LogP contribution >= 0.6 is 23.1 Å². The van der Waals surface area contributed by atoms with E-state index in [1.54, 1.807) is 4.90 Å². The monoisotopic (exact) mass is 364 g/mol. The molecular formula is C12H20N4O3S3. The number of carbonyl (C=O) groups excluding carboxylic acids is 1. The van der Waals surface area contributed by atoms with Gasteiger partial charge in [-0.25, -0.2) is 8.42 Å². The number of thioether (sulfide) groups is 1. The van der Waals surface area contributed by atoms with Crippen LogP contribution in [0.3, 0.4) is 0 Å². The molecule has 0 aliphatic carbocycles. The average molecular weight is 365 g/mol. The van der Waals surface area contributed by atoms with Crippen LogP contribution in [0.4, 0.5) is 5.13 Å². The highest BCUT2D eigenvalue weighted by atomic mass is 32.2. The molecule has 1 aromatic heterocycles. The van der Waals surface area contributed by atoms with Crippen molar-refractivity contribution in [1.29, 1.82) is 0 Å². The van der Waals surface area contributed by atoms with E-state index >= 15 is 0 Å². The van der Waals surface area contributed by atoms with Crippen LogP contribution < -0.4 is 5.73 Å². The summed E-state index contributed by atoms with van der Waals surface area (Å²) in [7, 11) is -3.02. The van der Waals surface area contributed by atoms with Gasteiger partial charge in [0.1, 0.15) is 0 Å². The number of rotatable bonds is 6. The highest BCUT2D eigenvalue weighted by Crippen LogP contribution is 2.26. The number of aromatic nitrogens is 2. The van der Waals surface area contributed by atoms with E-state index in [1.165, 1.54) is 23.1 Å². The second kappa shape index (κ2) is 7.14. The summed E-state index contributed by atoms with van der Waals surface area (Å²) in [5, 5.41) is 7.95. The van der Waals surface area contributed by atoms with Gasteiger partial charge >= 0.3 is 0 Å². The minimum absolute atomic E-state index is 0.0193. The van der Waals surface area contributed by atoms with Crippen LogP contribution in [-0.4, -0.2) is 58.8 Å². The highest BCUT2D eigenvalue weighted by Gasteiger charge is 2.36. The van der Waals surface area contributed by atoms with Gasteiger partial charge in [-0.3, -0.25) is 4.79 Å². The molecule has 0 radical (unpaired) electrons. The molecule has 1 fully saturated rings. The minimum atomic E-state index is -3.02. The van der Waals surface area contributed by atoms with Crippen LogP contribution in [-0.2, 0) is 14.6 Å². The standard InChI is InChI=1S/C12H20N4O3S3/c1-3-8(2)16(9-4-5-22(18,19)7-9)10(17)6-20-12-15-14-11(13)21-12/h8-9H,3-7H2,1-2H3,(H2,13,14)/t8-,9-/m1/s1. The largest absolute Gasteiger partial charge is 0.374 e. The van der Waals surface area contributed by atoms with Crippen molar-refractivity contribution in [2.45, 2.75) is 43.1 Å². The molecule has 10 heteroatoms. The van der Waals surface area contributed by atoms with Crippen LogP contribution in [0.1, 0.15) is 26.7 Å². The number of carbonyl (C=O) groups is 1. The molecule has 1 aliphatic heterocycles. The van der Waals surface area contributed by atoms with Gasteiger partial charge in [-0.15, -0.1) is 10.2 Å². The van der Waals surface area contributed by atoms with E-state index in [4.69, 9.17) is 5.73 Å². The number of nitrogens with two attached hydrogens (primary N) is 1. The number of hydrogen-bond acceptors (Lipinski definition) is 8. The predicted octanol–water partition coefficient (Wildman–Crippen LogP) is 1.03. The van der Waals surface area contributed by atoms with E-state index in [0.717, 1.165) is 6.42 Å². The molecule has 1 aromatic rings. The highest BCUT2D eigenvalue weighted by molar-refractivity contribution is 8.01. The molecule has 7 nitrogen and oxygen atoms in total. The first-order valence-corrected chi connectivity index (χ1v) is 10.7. The summed E-state index contributed by atoms with van der Waals surface area (Å²) in [5.41, 5.74) is 5.51. The molecule has 0 spiro atoms. The maximum Gasteiger partial charge on any atom is 0.233 e. The lowest BCUT2D eigenvalue weighted by molar-refractivity contribution is -0.132. The Morgan fingerprint density at radius 3 is 2.77 bits per heavy atom. The molecule has 2 N–H and O–H groups in total. The van der Waals surface area contributed by atoms with Crippen molar-refractivity contribution in [3.8, 4) is 0 Å². The summed E-state index contributed by atoms with van der Waals surface area (Å²) < 4.78 is 24.0. The number of sulfone groups is 1. The van der Waals surface area contributed by atoms with Crippen LogP contribution in [0.2, 0.25) is 0 Å². The van der Waals surface area contributed by atoms with Gasteiger partial charge in [0, 0.05) is 12.1 Å². The van der Waals surface area contributed by atoms with Crippen LogP contribution in [0.25, 0.3) is 0 Å². The number of amides is 1. The fourth-order valence-electron chi connectivity index (χ4n) is 2.48. The van der Waals surface area contributed by atoms with Crippen molar-refractivity contribution < 1.29 is 13.2 Å². The van der Waals surface area contributed by atoms with Crippen molar-refractivity contribution in [2.75, 3.05) is 23.0 Å². The molecule has 2 atom stereocenters. The third-order valence-corrected chi connectivity index (χ3v) is 7.32. The predicted molar refractivity (Wildman–Crippen MR) is 88.7 cm³/mol. The lowest BCUT2D eigenvalue weighted by Crippen LogP contribution is -2.47. The zero-order chi connectivity index (χ0) is 16.3. The van der Waals surface area contributed by atoms with Crippen molar-refractivity contribution in [3.05, 3.63) is 0 Å². The zero-order valence-electron chi connectivity index (χ0n) is 12.6. The van der Waals surface area contributed by atoms with Crippen molar-refractivity contribution in [1.82, 2.24) is 15.1 Å². The van der Waals surface area contributed by atoms with E-state index in [1.807, 2.05) is 13.8 Å². The van der Waals surface area contributed by atoms with Crippen LogP contribution in [0.15, 0.2) is 4.34 Å². The Kier molecular flexibility index (Phi) is 5.67. The molecule has 0 saturated carbocycles. The topological polar surface area (TPSA) is 106 Å². The molecule has 1 amide bonds. The molecule has 0 unspecified atom stereocenters. The smallest absolute Gasteiger partial charge is 0.233 e. The Labute approximate surface area is 138 Å².